The minimum atomic E-state index is -0.138. The highest BCUT2D eigenvalue weighted by atomic mass is 35.5. The molecule has 1 heterocycles. The fourth-order valence-corrected chi connectivity index (χ4v) is 1.82. The van der Waals surface area contributed by atoms with Gasteiger partial charge in [-0.05, 0) is 13.3 Å². The number of fused-ring (bicyclic) bond motifs is 1. The van der Waals surface area contributed by atoms with Crippen LogP contribution >= 0.6 is 11.6 Å². The third-order valence-electron chi connectivity index (χ3n) is 2.96. The summed E-state index contributed by atoms with van der Waals surface area (Å²) in [6.45, 7) is 4.52. The maximum atomic E-state index is 11.8. The third kappa shape index (κ3) is 3.52. The number of rotatable bonds is 5. The van der Waals surface area contributed by atoms with Gasteiger partial charge >= 0.3 is 0 Å². The lowest BCUT2D eigenvalue weighted by molar-refractivity contribution is -0.115. The molecule has 0 aliphatic carbocycles. The zero-order valence-electron chi connectivity index (χ0n) is 11.0. The van der Waals surface area contributed by atoms with Crippen molar-refractivity contribution in [2.75, 3.05) is 18.7 Å². The van der Waals surface area contributed by atoms with Crippen LogP contribution in [0.3, 0.4) is 0 Å². The van der Waals surface area contributed by atoms with Crippen LogP contribution in [0, 0.1) is 0 Å². The summed E-state index contributed by atoms with van der Waals surface area (Å²) < 4.78 is 10.4. The van der Waals surface area contributed by atoms with Gasteiger partial charge in [0.1, 0.15) is 0 Å². The molecule has 1 atom stereocenters. The molecule has 0 saturated heterocycles. The van der Waals surface area contributed by atoms with Crippen molar-refractivity contribution in [3.8, 4) is 11.5 Å². The first-order chi connectivity index (χ1) is 9.10. The van der Waals surface area contributed by atoms with Crippen molar-refractivity contribution in [2.45, 2.75) is 26.3 Å². The number of benzene rings is 1. The first-order valence-corrected chi connectivity index (χ1v) is 6.60. The lowest BCUT2D eigenvalue weighted by Gasteiger charge is -2.12. The van der Waals surface area contributed by atoms with Crippen molar-refractivity contribution >= 4 is 23.2 Å². The number of halogens is 1. The van der Waals surface area contributed by atoms with Gasteiger partial charge in [0.2, 0.25) is 12.7 Å². The Labute approximate surface area is 117 Å². The summed E-state index contributed by atoms with van der Waals surface area (Å²) >= 11 is 6.07. The van der Waals surface area contributed by atoms with E-state index in [-0.39, 0.29) is 19.2 Å². The van der Waals surface area contributed by atoms with Gasteiger partial charge in [-0.25, -0.2) is 0 Å². The van der Waals surface area contributed by atoms with E-state index in [0.717, 1.165) is 6.42 Å². The van der Waals surface area contributed by atoms with Crippen LogP contribution in [0.1, 0.15) is 20.3 Å². The molecule has 5 nitrogen and oxygen atoms in total. The standard InChI is InChI=1S/C13H17ClN2O3/c1-3-8(2)15-6-13(17)16-10-5-12-11(4-9(10)14)18-7-19-12/h4-5,8,15H,3,6-7H2,1-2H3,(H,16,17). The number of amides is 1. The number of ether oxygens (including phenoxy) is 2. The molecule has 1 aromatic rings. The Morgan fingerprint density at radius 3 is 2.79 bits per heavy atom. The van der Waals surface area contributed by atoms with Crippen LogP contribution in [0.4, 0.5) is 5.69 Å². The van der Waals surface area contributed by atoms with Crippen LogP contribution in [0.15, 0.2) is 12.1 Å². The Balaban J connectivity index is 1.97. The quantitative estimate of drug-likeness (QED) is 0.872. The highest BCUT2D eigenvalue weighted by Gasteiger charge is 2.17. The van der Waals surface area contributed by atoms with Crippen molar-refractivity contribution in [1.29, 1.82) is 0 Å². The van der Waals surface area contributed by atoms with E-state index < -0.39 is 0 Å². The largest absolute Gasteiger partial charge is 0.454 e. The lowest BCUT2D eigenvalue weighted by atomic mass is 10.2. The molecule has 1 amide bonds. The molecule has 0 saturated carbocycles. The summed E-state index contributed by atoms with van der Waals surface area (Å²) in [6.07, 6.45) is 0.970. The predicted octanol–water partition coefficient (Wildman–Crippen LogP) is 2.40. The smallest absolute Gasteiger partial charge is 0.238 e. The average molecular weight is 285 g/mol. The van der Waals surface area contributed by atoms with Gasteiger partial charge in [-0.1, -0.05) is 18.5 Å². The van der Waals surface area contributed by atoms with Gasteiger partial charge in [-0.3, -0.25) is 4.79 Å². The number of nitrogens with one attached hydrogen (secondary N) is 2. The van der Waals surface area contributed by atoms with Gasteiger partial charge < -0.3 is 20.1 Å². The minimum absolute atomic E-state index is 0.138. The monoisotopic (exact) mass is 284 g/mol. The summed E-state index contributed by atoms with van der Waals surface area (Å²) in [4.78, 5) is 11.8. The molecule has 1 aliphatic heterocycles. The summed E-state index contributed by atoms with van der Waals surface area (Å²) in [6, 6.07) is 3.62. The topological polar surface area (TPSA) is 59.6 Å². The molecule has 0 fully saturated rings. The predicted molar refractivity (Wildman–Crippen MR) is 74.0 cm³/mol. The molecule has 0 bridgehead atoms. The van der Waals surface area contributed by atoms with Crippen LogP contribution in [-0.4, -0.2) is 25.3 Å². The lowest BCUT2D eigenvalue weighted by Crippen LogP contribution is -2.34. The highest BCUT2D eigenvalue weighted by Crippen LogP contribution is 2.39. The number of hydrogen-bond donors (Lipinski definition) is 2. The van der Waals surface area contributed by atoms with Gasteiger partial charge in [0.25, 0.3) is 0 Å². The van der Waals surface area contributed by atoms with Crippen LogP contribution in [-0.2, 0) is 4.79 Å². The van der Waals surface area contributed by atoms with Crippen LogP contribution in [0.25, 0.3) is 0 Å². The maximum Gasteiger partial charge on any atom is 0.238 e. The van der Waals surface area contributed by atoms with Gasteiger partial charge in [-0.2, -0.15) is 0 Å². The molecule has 0 aromatic heterocycles. The summed E-state index contributed by atoms with van der Waals surface area (Å²) in [7, 11) is 0. The SMILES string of the molecule is CCC(C)NCC(=O)Nc1cc2c(cc1Cl)OCO2. The van der Waals surface area contributed by atoms with Crippen LogP contribution < -0.4 is 20.1 Å². The van der Waals surface area contributed by atoms with Gasteiger partial charge in [0.15, 0.2) is 11.5 Å². The molecule has 1 aliphatic rings. The Kier molecular flexibility index (Phi) is 4.50. The zero-order valence-corrected chi connectivity index (χ0v) is 11.7. The molecule has 1 aromatic carbocycles. The van der Waals surface area contributed by atoms with E-state index in [0.29, 0.717) is 28.3 Å². The number of carbonyl (C=O) groups is 1. The second-order valence-electron chi connectivity index (χ2n) is 4.42. The fraction of sp³-hybridized carbons (Fsp3) is 0.462. The van der Waals surface area contributed by atoms with E-state index in [4.69, 9.17) is 21.1 Å². The average Bonchev–Trinajstić information content (AvgIpc) is 2.83. The van der Waals surface area contributed by atoms with Crippen molar-refractivity contribution in [3.63, 3.8) is 0 Å². The molecule has 2 N–H and O–H groups in total. The van der Waals surface area contributed by atoms with E-state index in [1.165, 1.54) is 0 Å². The Morgan fingerprint density at radius 2 is 2.11 bits per heavy atom. The molecule has 0 radical (unpaired) electrons. The van der Waals surface area contributed by atoms with Crippen LogP contribution in [0.5, 0.6) is 11.5 Å². The van der Waals surface area contributed by atoms with Gasteiger partial charge in [-0.15, -0.1) is 0 Å². The van der Waals surface area contributed by atoms with Gasteiger partial charge in [0.05, 0.1) is 17.3 Å². The first-order valence-electron chi connectivity index (χ1n) is 6.22. The fourth-order valence-electron chi connectivity index (χ4n) is 1.62. The maximum absolute atomic E-state index is 11.8. The molecule has 19 heavy (non-hydrogen) atoms. The molecule has 6 heteroatoms. The van der Waals surface area contributed by atoms with E-state index in [1.807, 2.05) is 6.92 Å². The number of anilines is 1. The summed E-state index contributed by atoms with van der Waals surface area (Å²) in [5.41, 5.74) is 0.530. The summed E-state index contributed by atoms with van der Waals surface area (Å²) in [5.74, 6) is 1.05. The highest BCUT2D eigenvalue weighted by molar-refractivity contribution is 6.34. The minimum Gasteiger partial charge on any atom is -0.454 e. The van der Waals surface area contributed by atoms with E-state index >= 15 is 0 Å². The van der Waals surface area contributed by atoms with E-state index in [1.54, 1.807) is 12.1 Å². The molecule has 104 valence electrons. The van der Waals surface area contributed by atoms with Crippen molar-refractivity contribution in [3.05, 3.63) is 17.2 Å². The molecule has 2 rings (SSSR count). The number of carbonyl (C=O) groups excluding carboxylic acids is 1. The Morgan fingerprint density at radius 1 is 1.42 bits per heavy atom. The second-order valence-corrected chi connectivity index (χ2v) is 4.83. The normalized spacial score (nSPS) is 14.3. The molecular formula is C13H17ClN2O3. The van der Waals surface area contributed by atoms with E-state index in [2.05, 4.69) is 17.6 Å². The first kappa shape index (κ1) is 14.0. The molecule has 1 unspecified atom stereocenters. The second kappa shape index (κ2) is 6.12. The van der Waals surface area contributed by atoms with Crippen molar-refractivity contribution in [2.24, 2.45) is 0 Å². The molecular weight excluding hydrogens is 268 g/mol. The summed E-state index contributed by atoms with van der Waals surface area (Å²) in [5, 5.41) is 6.30. The Hall–Kier alpha value is -1.46. The van der Waals surface area contributed by atoms with Crippen LogP contribution in [0.2, 0.25) is 5.02 Å². The third-order valence-corrected chi connectivity index (χ3v) is 3.27. The molecule has 0 spiro atoms. The Bertz CT molecular complexity index is 479. The van der Waals surface area contributed by atoms with Crippen molar-refractivity contribution in [1.82, 2.24) is 5.32 Å². The van der Waals surface area contributed by atoms with Gasteiger partial charge in [0, 0.05) is 18.2 Å². The zero-order chi connectivity index (χ0) is 13.8. The van der Waals surface area contributed by atoms with Crippen molar-refractivity contribution < 1.29 is 14.3 Å². The number of hydrogen-bond acceptors (Lipinski definition) is 4. The van der Waals surface area contributed by atoms with E-state index in [9.17, 15) is 4.79 Å².